The van der Waals surface area contributed by atoms with Gasteiger partial charge in [-0.05, 0) is 24.1 Å². The molecule has 2 rings (SSSR count). The number of hydrogen-bond donors (Lipinski definition) is 2. The van der Waals surface area contributed by atoms with E-state index >= 15 is 0 Å². The highest BCUT2D eigenvalue weighted by atomic mass is 32.2. The zero-order valence-corrected chi connectivity index (χ0v) is 10.7. The van der Waals surface area contributed by atoms with Gasteiger partial charge in [0.25, 0.3) is 0 Å². The van der Waals surface area contributed by atoms with Crippen molar-refractivity contribution in [3.8, 4) is 0 Å². The maximum Gasteiger partial charge on any atom is 0.151 e. The number of hydrogen-bond acceptors (Lipinski definition) is 4. The van der Waals surface area contributed by atoms with Gasteiger partial charge in [-0.25, -0.2) is 12.8 Å². The summed E-state index contributed by atoms with van der Waals surface area (Å²) in [4.78, 5) is 0. The maximum absolute atomic E-state index is 12.8. The molecule has 0 amide bonds. The molecule has 1 aliphatic rings. The molecule has 1 aromatic carbocycles. The highest BCUT2D eigenvalue weighted by Gasteiger charge is 2.46. The molecule has 1 saturated heterocycles. The predicted molar refractivity (Wildman–Crippen MR) is 66.1 cm³/mol. The van der Waals surface area contributed by atoms with Gasteiger partial charge >= 0.3 is 0 Å². The van der Waals surface area contributed by atoms with Crippen molar-refractivity contribution < 1.29 is 17.9 Å². The minimum atomic E-state index is -3.14. The fraction of sp³-hybridized carbons (Fsp3) is 0.500. The topological polar surface area (TPSA) is 80.4 Å². The smallest absolute Gasteiger partial charge is 0.151 e. The molecule has 100 valence electrons. The Bertz CT molecular complexity index is 529. The van der Waals surface area contributed by atoms with Crippen LogP contribution in [0.25, 0.3) is 0 Å². The second-order valence-electron chi connectivity index (χ2n) is 4.86. The Hall–Kier alpha value is -0.980. The van der Waals surface area contributed by atoms with Crippen molar-refractivity contribution >= 4 is 9.84 Å². The third kappa shape index (κ3) is 2.41. The van der Waals surface area contributed by atoms with E-state index in [-0.39, 0.29) is 18.1 Å². The van der Waals surface area contributed by atoms with E-state index in [4.69, 9.17) is 5.73 Å². The van der Waals surface area contributed by atoms with E-state index in [9.17, 15) is 17.9 Å². The van der Waals surface area contributed by atoms with E-state index in [2.05, 4.69) is 0 Å². The normalized spacial score (nSPS) is 28.2. The molecule has 18 heavy (non-hydrogen) atoms. The van der Waals surface area contributed by atoms with E-state index in [0.29, 0.717) is 12.0 Å². The van der Waals surface area contributed by atoms with Crippen LogP contribution in [0.3, 0.4) is 0 Å². The van der Waals surface area contributed by atoms with Crippen LogP contribution in [-0.2, 0) is 9.84 Å². The molecular weight excluding hydrogens is 257 g/mol. The first-order valence-electron chi connectivity index (χ1n) is 5.73. The van der Waals surface area contributed by atoms with Crippen molar-refractivity contribution in [2.75, 3.05) is 18.1 Å². The zero-order chi connectivity index (χ0) is 13.4. The van der Waals surface area contributed by atoms with Crippen molar-refractivity contribution in [3.05, 3.63) is 35.6 Å². The number of aliphatic hydroxyl groups is 1. The van der Waals surface area contributed by atoms with E-state index in [0.717, 1.165) is 0 Å². The van der Waals surface area contributed by atoms with E-state index in [1.165, 1.54) is 24.3 Å². The molecule has 1 fully saturated rings. The molecule has 2 unspecified atom stereocenters. The van der Waals surface area contributed by atoms with Gasteiger partial charge in [0.15, 0.2) is 9.84 Å². The highest BCUT2D eigenvalue weighted by Crippen LogP contribution is 2.42. The maximum atomic E-state index is 12.8. The van der Waals surface area contributed by atoms with Gasteiger partial charge in [0.1, 0.15) is 5.82 Å². The zero-order valence-electron chi connectivity index (χ0n) is 9.84. The van der Waals surface area contributed by atoms with Gasteiger partial charge in [-0.1, -0.05) is 12.1 Å². The molecule has 6 heteroatoms. The lowest BCUT2D eigenvalue weighted by molar-refractivity contribution is 0.0471. The third-order valence-electron chi connectivity index (χ3n) is 3.59. The summed E-state index contributed by atoms with van der Waals surface area (Å²) in [6.45, 7) is 0.0881. The predicted octanol–water partition coefficient (Wildman–Crippen LogP) is 0.623. The van der Waals surface area contributed by atoms with Crippen molar-refractivity contribution in [2.24, 2.45) is 11.1 Å². The van der Waals surface area contributed by atoms with E-state index < -0.39 is 27.2 Å². The molecule has 2 atom stereocenters. The van der Waals surface area contributed by atoms with Crippen LogP contribution in [0, 0.1) is 11.2 Å². The summed E-state index contributed by atoms with van der Waals surface area (Å²) < 4.78 is 36.0. The molecule has 0 aliphatic carbocycles. The number of halogens is 1. The van der Waals surface area contributed by atoms with Crippen LogP contribution in [0.2, 0.25) is 0 Å². The van der Waals surface area contributed by atoms with Gasteiger partial charge < -0.3 is 10.8 Å². The van der Waals surface area contributed by atoms with Gasteiger partial charge in [0.05, 0.1) is 17.6 Å². The number of nitrogens with two attached hydrogens (primary N) is 1. The minimum Gasteiger partial charge on any atom is -0.388 e. The first-order chi connectivity index (χ1) is 8.38. The van der Waals surface area contributed by atoms with Crippen molar-refractivity contribution in [1.29, 1.82) is 0 Å². The molecule has 1 heterocycles. The van der Waals surface area contributed by atoms with Crippen LogP contribution in [0.5, 0.6) is 0 Å². The molecule has 4 nitrogen and oxygen atoms in total. The molecule has 0 radical (unpaired) electrons. The summed E-state index contributed by atoms with van der Waals surface area (Å²) >= 11 is 0. The number of rotatable bonds is 3. The Kier molecular flexibility index (Phi) is 3.44. The quantitative estimate of drug-likeness (QED) is 0.846. The number of aliphatic hydroxyl groups excluding tert-OH is 1. The fourth-order valence-corrected chi connectivity index (χ4v) is 4.59. The van der Waals surface area contributed by atoms with Crippen LogP contribution in [0.4, 0.5) is 4.39 Å². The first kappa shape index (κ1) is 13.5. The second-order valence-corrected chi connectivity index (χ2v) is 7.05. The average molecular weight is 273 g/mol. The lowest BCUT2D eigenvalue weighted by Gasteiger charge is -2.31. The summed E-state index contributed by atoms with van der Waals surface area (Å²) in [5.41, 5.74) is 5.31. The fourth-order valence-electron chi connectivity index (χ4n) is 2.43. The SMILES string of the molecule is NCC1(C(O)c2ccc(F)cc2)CCS(=O)(=O)C1. The molecule has 0 spiro atoms. The molecule has 0 bridgehead atoms. The molecule has 0 aromatic heterocycles. The largest absolute Gasteiger partial charge is 0.388 e. The van der Waals surface area contributed by atoms with Gasteiger partial charge in [-0.3, -0.25) is 0 Å². The summed E-state index contributed by atoms with van der Waals surface area (Å²) in [5.74, 6) is -0.468. The van der Waals surface area contributed by atoms with Crippen molar-refractivity contribution in [3.63, 3.8) is 0 Å². The van der Waals surface area contributed by atoms with Gasteiger partial charge in [-0.15, -0.1) is 0 Å². The van der Waals surface area contributed by atoms with Crippen molar-refractivity contribution in [2.45, 2.75) is 12.5 Å². The van der Waals surface area contributed by atoms with Gasteiger partial charge in [0.2, 0.25) is 0 Å². The molecule has 0 saturated carbocycles. The molecule has 1 aromatic rings. The van der Waals surface area contributed by atoms with Crippen LogP contribution in [0.15, 0.2) is 24.3 Å². The molecule has 3 N–H and O–H groups in total. The lowest BCUT2D eigenvalue weighted by Crippen LogP contribution is -2.38. The molecule has 1 aliphatic heterocycles. The highest BCUT2D eigenvalue weighted by molar-refractivity contribution is 7.91. The van der Waals surface area contributed by atoms with Crippen LogP contribution >= 0.6 is 0 Å². The van der Waals surface area contributed by atoms with Gasteiger partial charge in [-0.2, -0.15) is 0 Å². The summed E-state index contributed by atoms with van der Waals surface area (Å²) in [5, 5.41) is 10.3. The van der Waals surface area contributed by atoms with Crippen molar-refractivity contribution in [1.82, 2.24) is 0 Å². The standard InChI is InChI=1S/C12H16FNO3S/c13-10-3-1-9(2-4-10)11(15)12(7-14)5-6-18(16,17)8-12/h1-4,11,15H,5-8,14H2. The minimum absolute atomic E-state index is 0.0441. The van der Waals surface area contributed by atoms with Crippen LogP contribution in [0.1, 0.15) is 18.1 Å². The van der Waals surface area contributed by atoms with E-state index in [1.54, 1.807) is 0 Å². The summed E-state index contributed by atoms with van der Waals surface area (Å²) in [6.07, 6.45) is -0.648. The summed E-state index contributed by atoms with van der Waals surface area (Å²) in [6, 6.07) is 5.41. The van der Waals surface area contributed by atoms with Crippen LogP contribution < -0.4 is 5.73 Å². The Morgan fingerprint density at radius 2 is 2.00 bits per heavy atom. The monoisotopic (exact) mass is 273 g/mol. The molecular formula is C12H16FNO3S. The average Bonchev–Trinajstić information content (AvgIpc) is 2.66. The first-order valence-corrected chi connectivity index (χ1v) is 7.55. The Labute approximate surface area is 106 Å². The number of benzene rings is 1. The Morgan fingerprint density at radius 3 is 2.44 bits per heavy atom. The van der Waals surface area contributed by atoms with Gasteiger partial charge in [0, 0.05) is 12.0 Å². The Morgan fingerprint density at radius 1 is 1.39 bits per heavy atom. The summed E-state index contributed by atoms with van der Waals surface area (Å²) in [7, 11) is -3.14. The Balaban J connectivity index is 2.31. The van der Waals surface area contributed by atoms with E-state index in [1.807, 2.05) is 0 Å². The number of sulfone groups is 1. The lowest BCUT2D eigenvalue weighted by atomic mass is 9.78. The van der Waals surface area contributed by atoms with Crippen LogP contribution in [-0.4, -0.2) is 31.6 Å². The third-order valence-corrected chi connectivity index (χ3v) is 5.43. The second kappa shape index (κ2) is 4.60.